The monoisotopic (exact) mass is 170 g/mol. The van der Waals surface area contributed by atoms with Crippen molar-refractivity contribution < 1.29 is 10.2 Å². The zero-order valence-electron chi connectivity index (χ0n) is 7.28. The minimum absolute atomic E-state index is 0.469. The first kappa shape index (κ1) is 9.22. The van der Waals surface area contributed by atoms with Crippen molar-refractivity contribution in [1.82, 2.24) is 10.2 Å². The third kappa shape index (κ3) is 1.49. The van der Waals surface area contributed by atoms with Crippen molar-refractivity contribution in [2.45, 2.75) is 32.0 Å². The number of hydrogen-bond donors (Lipinski definition) is 3. The van der Waals surface area contributed by atoms with Gasteiger partial charge in [0.1, 0.15) is 5.60 Å². The van der Waals surface area contributed by atoms with E-state index in [0.717, 1.165) is 0 Å². The molecule has 0 fully saturated rings. The van der Waals surface area contributed by atoms with E-state index in [4.69, 9.17) is 0 Å². The van der Waals surface area contributed by atoms with Crippen LogP contribution in [0.3, 0.4) is 0 Å². The summed E-state index contributed by atoms with van der Waals surface area (Å²) in [6.07, 6.45) is 1.34. The minimum atomic E-state index is -1.26. The van der Waals surface area contributed by atoms with Gasteiger partial charge in [0.25, 0.3) is 0 Å². The number of aromatic amines is 1. The average molecular weight is 170 g/mol. The highest BCUT2D eigenvalue weighted by molar-refractivity contribution is 5.10. The van der Waals surface area contributed by atoms with Gasteiger partial charge < -0.3 is 10.2 Å². The topological polar surface area (TPSA) is 69.1 Å². The molecule has 0 spiro atoms. The number of H-pyrrole nitrogens is 1. The number of aliphatic hydroxyl groups is 2. The van der Waals surface area contributed by atoms with Crippen LogP contribution in [0.2, 0.25) is 0 Å². The quantitative estimate of drug-likeness (QED) is 0.614. The van der Waals surface area contributed by atoms with Crippen LogP contribution in [-0.4, -0.2) is 26.5 Å². The maximum absolute atomic E-state index is 9.81. The van der Waals surface area contributed by atoms with Crippen LogP contribution in [0.4, 0.5) is 0 Å². The van der Waals surface area contributed by atoms with Gasteiger partial charge >= 0.3 is 0 Å². The number of nitrogens with one attached hydrogen (secondary N) is 1. The molecule has 0 bridgehead atoms. The fraction of sp³-hybridized carbons (Fsp3) is 0.625. The first-order valence-corrected chi connectivity index (χ1v) is 3.99. The Hall–Kier alpha value is -0.870. The first-order valence-electron chi connectivity index (χ1n) is 3.99. The maximum atomic E-state index is 9.81. The Morgan fingerprint density at radius 3 is 2.83 bits per heavy atom. The second-order valence-corrected chi connectivity index (χ2v) is 3.03. The van der Waals surface area contributed by atoms with Crippen LogP contribution in [0.1, 0.15) is 26.0 Å². The number of aromatic nitrogens is 2. The summed E-state index contributed by atoms with van der Waals surface area (Å²) in [5.74, 6) is 0. The molecule has 3 N–H and O–H groups in total. The summed E-state index contributed by atoms with van der Waals surface area (Å²) in [5, 5.41) is 25.7. The van der Waals surface area contributed by atoms with Gasteiger partial charge in [-0.15, -0.1) is 0 Å². The van der Waals surface area contributed by atoms with Crippen LogP contribution in [-0.2, 0) is 5.60 Å². The molecule has 0 aromatic carbocycles. The molecule has 1 rings (SSSR count). The summed E-state index contributed by atoms with van der Waals surface area (Å²) < 4.78 is 0. The Kier molecular flexibility index (Phi) is 2.49. The fourth-order valence-corrected chi connectivity index (χ4v) is 1.11. The zero-order chi connectivity index (χ0) is 9.19. The zero-order valence-corrected chi connectivity index (χ0v) is 7.28. The van der Waals surface area contributed by atoms with Crippen molar-refractivity contribution in [3.63, 3.8) is 0 Å². The number of aliphatic hydroxyl groups excluding tert-OH is 1. The molecule has 2 atom stereocenters. The Bertz CT molecular complexity index is 231. The van der Waals surface area contributed by atoms with E-state index in [0.29, 0.717) is 12.1 Å². The van der Waals surface area contributed by atoms with Crippen molar-refractivity contribution in [3.05, 3.63) is 18.0 Å². The second kappa shape index (κ2) is 3.25. The predicted molar refractivity (Wildman–Crippen MR) is 44.5 cm³/mol. The molecular weight excluding hydrogens is 156 g/mol. The summed E-state index contributed by atoms with van der Waals surface area (Å²) in [6, 6.07) is 1.65. The second-order valence-electron chi connectivity index (χ2n) is 3.03. The molecule has 0 saturated heterocycles. The normalized spacial score (nSPS) is 18.7. The van der Waals surface area contributed by atoms with Gasteiger partial charge in [-0.05, 0) is 19.4 Å². The lowest BCUT2D eigenvalue weighted by Gasteiger charge is -2.26. The number of hydrogen-bond acceptors (Lipinski definition) is 3. The minimum Gasteiger partial charge on any atom is -0.390 e. The van der Waals surface area contributed by atoms with Crippen LogP contribution in [0, 0.1) is 0 Å². The largest absolute Gasteiger partial charge is 0.390 e. The molecule has 4 nitrogen and oxygen atoms in total. The van der Waals surface area contributed by atoms with E-state index in [2.05, 4.69) is 10.2 Å². The Balaban J connectivity index is 2.85. The number of rotatable bonds is 3. The lowest BCUT2D eigenvalue weighted by atomic mass is 9.94. The molecule has 12 heavy (non-hydrogen) atoms. The fourth-order valence-electron chi connectivity index (χ4n) is 1.11. The van der Waals surface area contributed by atoms with Crippen LogP contribution >= 0.6 is 0 Å². The van der Waals surface area contributed by atoms with Gasteiger partial charge in [-0.2, -0.15) is 5.10 Å². The van der Waals surface area contributed by atoms with E-state index < -0.39 is 11.7 Å². The Morgan fingerprint density at radius 1 is 1.75 bits per heavy atom. The lowest BCUT2D eigenvalue weighted by molar-refractivity contribution is -0.0707. The van der Waals surface area contributed by atoms with E-state index >= 15 is 0 Å². The molecule has 68 valence electrons. The third-order valence-electron chi connectivity index (χ3n) is 2.05. The molecule has 1 aromatic heterocycles. The van der Waals surface area contributed by atoms with Crippen LogP contribution in [0.5, 0.6) is 0 Å². The predicted octanol–water partition coefficient (Wildman–Crippen LogP) is 0.388. The average Bonchev–Trinajstić information content (AvgIpc) is 2.55. The molecule has 2 unspecified atom stereocenters. The third-order valence-corrected chi connectivity index (χ3v) is 2.05. The highest BCUT2D eigenvalue weighted by atomic mass is 16.3. The van der Waals surface area contributed by atoms with Gasteiger partial charge in [0.15, 0.2) is 0 Å². The standard InChI is InChI=1S/C8H14N2O2/c1-3-7(11)8(2,12)6-4-5-9-10-6/h4-5,7,11-12H,3H2,1-2H3,(H,9,10). The summed E-state index contributed by atoms with van der Waals surface area (Å²) in [4.78, 5) is 0. The van der Waals surface area contributed by atoms with Gasteiger partial charge in [0.05, 0.1) is 11.8 Å². The molecule has 4 heteroatoms. The van der Waals surface area contributed by atoms with Gasteiger partial charge in [0.2, 0.25) is 0 Å². The Morgan fingerprint density at radius 2 is 2.42 bits per heavy atom. The summed E-state index contributed by atoms with van der Waals surface area (Å²) >= 11 is 0. The van der Waals surface area contributed by atoms with Crippen molar-refractivity contribution >= 4 is 0 Å². The maximum Gasteiger partial charge on any atom is 0.131 e. The van der Waals surface area contributed by atoms with Gasteiger partial charge in [0, 0.05) is 6.20 Å². The Labute approximate surface area is 71.2 Å². The first-order chi connectivity index (χ1) is 5.59. The molecule has 0 amide bonds. The van der Waals surface area contributed by atoms with Crippen molar-refractivity contribution in [1.29, 1.82) is 0 Å². The van der Waals surface area contributed by atoms with Crippen molar-refractivity contribution in [3.8, 4) is 0 Å². The van der Waals surface area contributed by atoms with E-state index in [1.807, 2.05) is 6.92 Å². The van der Waals surface area contributed by atoms with E-state index in [1.165, 1.54) is 0 Å². The van der Waals surface area contributed by atoms with E-state index in [1.54, 1.807) is 19.2 Å². The number of nitrogens with zero attached hydrogens (tertiary/aromatic N) is 1. The lowest BCUT2D eigenvalue weighted by Crippen LogP contribution is -2.36. The molecule has 0 radical (unpaired) electrons. The van der Waals surface area contributed by atoms with Gasteiger partial charge in [-0.1, -0.05) is 6.92 Å². The van der Waals surface area contributed by atoms with Crippen LogP contribution in [0.15, 0.2) is 12.3 Å². The highest BCUT2D eigenvalue weighted by Crippen LogP contribution is 2.23. The molecular formula is C8H14N2O2. The van der Waals surface area contributed by atoms with E-state index in [9.17, 15) is 10.2 Å². The van der Waals surface area contributed by atoms with Crippen LogP contribution < -0.4 is 0 Å². The molecule has 0 aliphatic rings. The van der Waals surface area contributed by atoms with E-state index in [-0.39, 0.29) is 0 Å². The molecule has 0 aliphatic carbocycles. The SMILES string of the molecule is CCC(O)C(C)(O)c1cc[nH]n1. The van der Waals surface area contributed by atoms with Crippen molar-refractivity contribution in [2.75, 3.05) is 0 Å². The smallest absolute Gasteiger partial charge is 0.131 e. The molecule has 1 aromatic rings. The van der Waals surface area contributed by atoms with Gasteiger partial charge in [-0.25, -0.2) is 0 Å². The summed E-state index contributed by atoms with van der Waals surface area (Å²) in [5.41, 5.74) is -0.786. The highest BCUT2D eigenvalue weighted by Gasteiger charge is 2.32. The van der Waals surface area contributed by atoms with Crippen LogP contribution in [0.25, 0.3) is 0 Å². The van der Waals surface area contributed by atoms with Crippen molar-refractivity contribution in [2.24, 2.45) is 0 Å². The molecule has 0 saturated carbocycles. The summed E-state index contributed by atoms with van der Waals surface area (Å²) in [7, 11) is 0. The molecule has 0 aliphatic heterocycles. The van der Waals surface area contributed by atoms with Gasteiger partial charge in [-0.3, -0.25) is 5.10 Å². The summed E-state index contributed by atoms with van der Waals surface area (Å²) in [6.45, 7) is 3.36. The molecule has 1 heterocycles.